The van der Waals surface area contributed by atoms with Gasteiger partial charge in [-0.2, -0.15) is 0 Å². The highest BCUT2D eigenvalue weighted by atomic mass is 32.2. The number of fused-ring (bicyclic) bond motifs is 1. The van der Waals surface area contributed by atoms with Crippen molar-refractivity contribution >= 4 is 28.7 Å². The van der Waals surface area contributed by atoms with Crippen LogP contribution in [-0.2, 0) is 11.3 Å². The number of hydrogen-bond acceptors (Lipinski definition) is 3. The number of hydrogen-bond donors (Lipinski definition) is 1. The third kappa shape index (κ3) is 3.10. The molecule has 0 aliphatic rings. The van der Waals surface area contributed by atoms with E-state index in [1.54, 1.807) is 0 Å². The first kappa shape index (κ1) is 13.9. The fourth-order valence-corrected chi connectivity index (χ4v) is 2.78. The Labute approximate surface area is 117 Å². The fraction of sp³-hybridized carbons (Fsp3) is 0.429. The maximum Gasteiger partial charge on any atom is 0.230 e. The zero-order chi connectivity index (χ0) is 14.0. The third-order valence-corrected chi connectivity index (χ3v) is 3.96. The van der Waals surface area contributed by atoms with Gasteiger partial charge in [0, 0.05) is 6.54 Å². The third-order valence-electron chi connectivity index (χ3n) is 2.85. The lowest BCUT2D eigenvalue weighted by Crippen LogP contribution is -2.23. The van der Waals surface area contributed by atoms with Gasteiger partial charge in [0.25, 0.3) is 0 Å². The highest BCUT2D eigenvalue weighted by molar-refractivity contribution is 8.00. The lowest BCUT2D eigenvalue weighted by molar-refractivity contribution is -0.117. The number of primary amides is 1. The lowest BCUT2D eigenvalue weighted by Gasteiger charge is -2.12. The summed E-state index contributed by atoms with van der Waals surface area (Å²) in [6.45, 7) is 7.03. The minimum atomic E-state index is -0.312. The second-order valence-electron chi connectivity index (χ2n) is 5.05. The van der Waals surface area contributed by atoms with Gasteiger partial charge >= 0.3 is 0 Å². The van der Waals surface area contributed by atoms with Gasteiger partial charge in [0.15, 0.2) is 5.16 Å². The molecule has 0 spiro atoms. The van der Waals surface area contributed by atoms with Crippen molar-refractivity contribution in [2.45, 2.75) is 37.7 Å². The molecule has 2 aromatic rings. The van der Waals surface area contributed by atoms with Crippen molar-refractivity contribution in [2.24, 2.45) is 11.7 Å². The Kier molecular flexibility index (Phi) is 4.14. The first-order chi connectivity index (χ1) is 8.99. The fourth-order valence-electron chi connectivity index (χ4n) is 1.90. The second kappa shape index (κ2) is 5.65. The number of para-hydroxylation sites is 2. The van der Waals surface area contributed by atoms with Crippen LogP contribution in [0.4, 0.5) is 0 Å². The Hall–Kier alpha value is -1.49. The van der Waals surface area contributed by atoms with Gasteiger partial charge in [-0.1, -0.05) is 37.7 Å². The molecule has 1 amide bonds. The van der Waals surface area contributed by atoms with Crippen LogP contribution in [0.2, 0.25) is 0 Å². The Morgan fingerprint density at radius 2 is 2.05 bits per heavy atom. The molecule has 102 valence electrons. The lowest BCUT2D eigenvalue weighted by atomic mass is 10.2. The van der Waals surface area contributed by atoms with Crippen LogP contribution < -0.4 is 5.73 Å². The summed E-state index contributed by atoms with van der Waals surface area (Å²) in [7, 11) is 0. The van der Waals surface area contributed by atoms with Crippen molar-refractivity contribution < 1.29 is 4.79 Å². The van der Waals surface area contributed by atoms with Gasteiger partial charge in [-0.3, -0.25) is 4.79 Å². The molecular weight excluding hydrogens is 258 g/mol. The molecule has 1 aromatic heterocycles. The van der Waals surface area contributed by atoms with Crippen LogP contribution in [0.1, 0.15) is 20.8 Å². The number of nitrogens with two attached hydrogens (primary N) is 1. The van der Waals surface area contributed by atoms with E-state index in [1.165, 1.54) is 11.8 Å². The summed E-state index contributed by atoms with van der Waals surface area (Å²) in [5, 5.41) is 0.587. The maximum atomic E-state index is 11.2. The summed E-state index contributed by atoms with van der Waals surface area (Å²) in [6, 6.07) is 8.03. The first-order valence-corrected chi connectivity index (χ1v) is 7.28. The molecule has 1 atom stereocenters. The molecule has 2 N–H and O–H groups in total. The van der Waals surface area contributed by atoms with E-state index in [0.717, 1.165) is 22.7 Å². The van der Waals surface area contributed by atoms with Crippen molar-refractivity contribution in [1.82, 2.24) is 9.55 Å². The average molecular weight is 277 g/mol. The highest BCUT2D eigenvalue weighted by Crippen LogP contribution is 2.27. The molecule has 0 radical (unpaired) electrons. The molecule has 5 heteroatoms. The molecule has 0 saturated heterocycles. The molecule has 4 nitrogen and oxygen atoms in total. The van der Waals surface area contributed by atoms with Crippen molar-refractivity contribution in [3.8, 4) is 0 Å². The molecule has 1 aromatic carbocycles. The summed E-state index contributed by atoms with van der Waals surface area (Å²) >= 11 is 1.42. The molecule has 0 aliphatic carbocycles. The largest absolute Gasteiger partial charge is 0.369 e. The minimum Gasteiger partial charge on any atom is -0.369 e. The Morgan fingerprint density at radius 1 is 1.37 bits per heavy atom. The number of benzene rings is 1. The van der Waals surface area contributed by atoms with Gasteiger partial charge in [0.1, 0.15) is 0 Å². The monoisotopic (exact) mass is 277 g/mol. The highest BCUT2D eigenvalue weighted by Gasteiger charge is 2.17. The standard InChI is InChI=1S/C14H19N3OS/c1-9(2)8-17-12-7-5-4-6-11(12)16-14(17)19-10(3)13(15)18/h4-7,9-10H,8H2,1-3H3,(H2,15,18)/t10-/m0/s1. The molecule has 1 heterocycles. The number of carbonyl (C=O) groups is 1. The quantitative estimate of drug-likeness (QED) is 0.855. The molecule has 0 bridgehead atoms. The molecule has 2 rings (SSSR count). The van der Waals surface area contributed by atoms with E-state index in [9.17, 15) is 4.79 Å². The summed E-state index contributed by atoms with van der Waals surface area (Å²) in [6.07, 6.45) is 0. The van der Waals surface area contributed by atoms with E-state index >= 15 is 0 Å². The Balaban J connectivity index is 2.43. The van der Waals surface area contributed by atoms with Crippen LogP contribution in [-0.4, -0.2) is 20.7 Å². The van der Waals surface area contributed by atoms with E-state index in [2.05, 4.69) is 29.5 Å². The zero-order valence-electron chi connectivity index (χ0n) is 11.5. The Bertz CT molecular complexity index is 591. The SMILES string of the molecule is CC(C)Cn1c(S[C@@H](C)C(N)=O)nc2ccccc21. The topological polar surface area (TPSA) is 60.9 Å². The number of amides is 1. The van der Waals surface area contributed by atoms with Crippen molar-refractivity contribution in [2.75, 3.05) is 0 Å². The predicted octanol–water partition coefficient (Wildman–Crippen LogP) is 2.66. The van der Waals surface area contributed by atoms with E-state index in [1.807, 2.05) is 25.1 Å². The van der Waals surface area contributed by atoms with Crippen molar-refractivity contribution in [3.63, 3.8) is 0 Å². The molecule has 0 saturated carbocycles. The predicted molar refractivity (Wildman–Crippen MR) is 79.1 cm³/mol. The zero-order valence-corrected chi connectivity index (χ0v) is 12.3. The second-order valence-corrected chi connectivity index (χ2v) is 6.36. The van der Waals surface area contributed by atoms with E-state index in [4.69, 9.17) is 5.73 Å². The van der Waals surface area contributed by atoms with Crippen LogP contribution >= 0.6 is 11.8 Å². The molecule has 0 aliphatic heterocycles. The van der Waals surface area contributed by atoms with Crippen LogP contribution in [0.25, 0.3) is 11.0 Å². The van der Waals surface area contributed by atoms with Crippen LogP contribution in [0.15, 0.2) is 29.4 Å². The van der Waals surface area contributed by atoms with Crippen molar-refractivity contribution in [1.29, 1.82) is 0 Å². The van der Waals surface area contributed by atoms with E-state index < -0.39 is 0 Å². The normalized spacial score (nSPS) is 13.1. The maximum absolute atomic E-state index is 11.2. The smallest absolute Gasteiger partial charge is 0.230 e. The van der Waals surface area contributed by atoms with Crippen LogP contribution in [0.5, 0.6) is 0 Å². The van der Waals surface area contributed by atoms with E-state index in [0.29, 0.717) is 5.92 Å². The van der Waals surface area contributed by atoms with Crippen LogP contribution in [0, 0.1) is 5.92 Å². The number of aromatic nitrogens is 2. The number of nitrogens with zero attached hydrogens (tertiary/aromatic N) is 2. The molecular formula is C14H19N3OS. The van der Waals surface area contributed by atoms with Gasteiger partial charge in [0.05, 0.1) is 16.3 Å². The minimum absolute atomic E-state index is 0.275. The number of imidazole rings is 1. The van der Waals surface area contributed by atoms with E-state index in [-0.39, 0.29) is 11.2 Å². The van der Waals surface area contributed by atoms with Crippen molar-refractivity contribution in [3.05, 3.63) is 24.3 Å². The molecule has 0 unspecified atom stereocenters. The molecule has 0 fully saturated rings. The van der Waals surface area contributed by atoms with Gasteiger partial charge in [-0.25, -0.2) is 4.98 Å². The average Bonchev–Trinajstić information content (AvgIpc) is 2.67. The summed E-state index contributed by atoms with van der Waals surface area (Å²) in [5.41, 5.74) is 7.40. The summed E-state index contributed by atoms with van der Waals surface area (Å²) < 4.78 is 2.17. The van der Waals surface area contributed by atoms with Gasteiger partial charge in [0.2, 0.25) is 5.91 Å². The molecule has 19 heavy (non-hydrogen) atoms. The first-order valence-electron chi connectivity index (χ1n) is 6.40. The summed E-state index contributed by atoms with van der Waals surface area (Å²) in [5.74, 6) is 0.203. The number of carbonyl (C=O) groups excluding carboxylic acids is 1. The summed E-state index contributed by atoms with van der Waals surface area (Å²) in [4.78, 5) is 15.8. The van der Waals surface area contributed by atoms with Crippen LogP contribution in [0.3, 0.4) is 0 Å². The Morgan fingerprint density at radius 3 is 2.68 bits per heavy atom. The number of thioether (sulfide) groups is 1. The van der Waals surface area contributed by atoms with Gasteiger partial charge < -0.3 is 10.3 Å². The number of rotatable bonds is 5. The van der Waals surface area contributed by atoms with Gasteiger partial charge in [-0.05, 0) is 25.0 Å². The van der Waals surface area contributed by atoms with Gasteiger partial charge in [-0.15, -0.1) is 0 Å².